The standard InChI is InChI=1S/C12H12BrN7O3/c1-2-18-7-9(13)11(17-18)12-16-15-10(23-12)3-4-19-6-8(5-14-19)20(21)22/h5-7H,2-4H2,1H3. The molecule has 0 radical (unpaired) electrons. The van der Waals surface area contributed by atoms with Gasteiger partial charge in [-0.1, -0.05) is 0 Å². The first kappa shape index (κ1) is 15.3. The average molecular weight is 382 g/mol. The number of nitro groups is 1. The van der Waals surface area contributed by atoms with Crippen molar-refractivity contribution in [3.05, 3.63) is 39.1 Å². The predicted octanol–water partition coefficient (Wildman–Crippen LogP) is 2.06. The van der Waals surface area contributed by atoms with Crippen LogP contribution in [0.1, 0.15) is 12.8 Å². The summed E-state index contributed by atoms with van der Waals surface area (Å²) in [5.74, 6) is 0.738. The smallest absolute Gasteiger partial charge is 0.306 e. The monoisotopic (exact) mass is 381 g/mol. The van der Waals surface area contributed by atoms with Crippen LogP contribution in [0.4, 0.5) is 5.69 Å². The van der Waals surface area contributed by atoms with Gasteiger partial charge >= 0.3 is 5.69 Å². The Bertz CT molecular complexity index is 837. The minimum atomic E-state index is -0.490. The van der Waals surface area contributed by atoms with E-state index in [0.29, 0.717) is 30.4 Å². The van der Waals surface area contributed by atoms with Crippen molar-refractivity contribution in [1.29, 1.82) is 0 Å². The highest BCUT2D eigenvalue weighted by Gasteiger charge is 2.16. The Morgan fingerprint density at radius 2 is 2.17 bits per heavy atom. The molecule has 0 aliphatic carbocycles. The molecule has 0 atom stereocenters. The zero-order valence-corrected chi connectivity index (χ0v) is 13.7. The van der Waals surface area contributed by atoms with Gasteiger partial charge in [-0.05, 0) is 22.9 Å². The molecular weight excluding hydrogens is 370 g/mol. The lowest BCUT2D eigenvalue weighted by molar-refractivity contribution is -0.385. The Kier molecular flexibility index (Phi) is 4.19. The van der Waals surface area contributed by atoms with Crippen molar-refractivity contribution in [1.82, 2.24) is 29.8 Å². The highest BCUT2D eigenvalue weighted by molar-refractivity contribution is 9.10. The Labute approximate surface area is 138 Å². The number of aryl methyl sites for hydroxylation is 3. The molecule has 10 nitrogen and oxygen atoms in total. The van der Waals surface area contributed by atoms with E-state index in [2.05, 4.69) is 36.3 Å². The van der Waals surface area contributed by atoms with Crippen molar-refractivity contribution >= 4 is 21.6 Å². The van der Waals surface area contributed by atoms with E-state index in [1.54, 1.807) is 4.68 Å². The molecule has 3 aromatic heterocycles. The highest BCUT2D eigenvalue weighted by Crippen LogP contribution is 2.25. The van der Waals surface area contributed by atoms with Crippen molar-refractivity contribution < 1.29 is 9.34 Å². The van der Waals surface area contributed by atoms with Gasteiger partial charge in [-0.3, -0.25) is 19.5 Å². The lowest BCUT2D eigenvalue weighted by atomic mass is 10.4. The minimum Gasteiger partial charge on any atom is -0.419 e. The Balaban J connectivity index is 1.69. The molecule has 3 rings (SSSR count). The Morgan fingerprint density at radius 3 is 2.83 bits per heavy atom. The van der Waals surface area contributed by atoms with Gasteiger partial charge in [0, 0.05) is 25.7 Å². The molecule has 0 amide bonds. The molecule has 0 bridgehead atoms. The molecule has 0 unspecified atom stereocenters. The summed E-state index contributed by atoms with van der Waals surface area (Å²) < 4.78 is 9.57. The van der Waals surface area contributed by atoms with Crippen molar-refractivity contribution in [3.63, 3.8) is 0 Å². The number of nitrogens with zero attached hydrogens (tertiary/aromatic N) is 7. The van der Waals surface area contributed by atoms with Crippen LogP contribution in [-0.4, -0.2) is 34.7 Å². The third-order valence-electron chi connectivity index (χ3n) is 3.10. The molecule has 0 spiro atoms. The van der Waals surface area contributed by atoms with E-state index in [1.807, 2.05) is 13.1 Å². The molecule has 0 N–H and O–H groups in total. The molecule has 0 fully saturated rings. The molecule has 0 saturated carbocycles. The number of hydrogen-bond acceptors (Lipinski definition) is 7. The van der Waals surface area contributed by atoms with Crippen LogP contribution < -0.4 is 0 Å². The lowest BCUT2D eigenvalue weighted by Crippen LogP contribution is -2.01. The first-order valence-corrected chi connectivity index (χ1v) is 7.58. The molecule has 3 aromatic rings. The van der Waals surface area contributed by atoms with Gasteiger partial charge in [0.2, 0.25) is 5.89 Å². The third-order valence-corrected chi connectivity index (χ3v) is 3.68. The number of halogens is 1. The van der Waals surface area contributed by atoms with E-state index >= 15 is 0 Å². The van der Waals surface area contributed by atoms with Crippen LogP contribution >= 0.6 is 15.9 Å². The molecule has 0 saturated heterocycles. The van der Waals surface area contributed by atoms with E-state index < -0.39 is 4.92 Å². The minimum absolute atomic E-state index is 0.0507. The quantitative estimate of drug-likeness (QED) is 0.473. The molecule has 0 aromatic carbocycles. The van der Waals surface area contributed by atoms with Crippen LogP contribution in [0.15, 0.2) is 27.5 Å². The van der Waals surface area contributed by atoms with Crippen LogP contribution in [0.3, 0.4) is 0 Å². The van der Waals surface area contributed by atoms with Crippen LogP contribution in [-0.2, 0) is 19.5 Å². The van der Waals surface area contributed by atoms with E-state index in [4.69, 9.17) is 4.42 Å². The normalized spacial score (nSPS) is 11.0. The molecule has 0 aliphatic heterocycles. The van der Waals surface area contributed by atoms with Gasteiger partial charge in [-0.25, -0.2) is 0 Å². The molecule has 11 heteroatoms. The predicted molar refractivity (Wildman–Crippen MR) is 81.5 cm³/mol. The average Bonchev–Trinajstić information content (AvgIpc) is 3.24. The zero-order valence-electron chi connectivity index (χ0n) is 12.1. The molecule has 23 heavy (non-hydrogen) atoms. The molecule has 120 valence electrons. The fourth-order valence-electron chi connectivity index (χ4n) is 1.93. The third kappa shape index (κ3) is 3.28. The van der Waals surface area contributed by atoms with Gasteiger partial charge in [0.15, 0.2) is 5.69 Å². The fourth-order valence-corrected chi connectivity index (χ4v) is 2.42. The van der Waals surface area contributed by atoms with E-state index in [9.17, 15) is 10.1 Å². The van der Waals surface area contributed by atoms with Crippen LogP contribution in [0.5, 0.6) is 0 Å². The van der Waals surface area contributed by atoms with Crippen LogP contribution in [0.25, 0.3) is 11.6 Å². The Morgan fingerprint density at radius 1 is 1.35 bits per heavy atom. The Hall–Kier alpha value is -2.56. The summed E-state index contributed by atoms with van der Waals surface area (Å²) in [7, 11) is 0. The van der Waals surface area contributed by atoms with Crippen LogP contribution in [0, 0.1) is 10.1 Å². The topological polar surface area (TPSA) is 118 Å². The first-order chi connectivity index (χ1) is 11.1. The summed E-state index contributed by atoms with van der Waals surface area (Å²) in [4.78, 5) is 10.1. The van der Waals surface area contributed by atoms with E-state index in [-0.39, 0.29) is 5.69 Å². The molecule has 3 heterocycles. The second-order valence-corrected chi connectivity index (χ2v) is 5.51. The van der Waals surface area contributed by atoms with Gasteiger partial charge in [-0.15, -0.1) is 10.2 Å². The van der Waals surface area contributed by atoms with E-state index in [1.165, 1.54) is 17.1 Å². The zero-order chi connectivity index (χ0) is 16.4. The molecular formula is C12H12BrN7O3. The summed E-state index contributed by atoms with van der Waals surface area (Å²) in [5, 5.41) is 26.8. The number of rotatable bonds is 6. The summed E-state index contributed by atoms with van der Waals surface area (Å²) in [5.41, 5.74) is 0.533. The van der Waals surface area contributed by atoms with Crippen molar-refractivity contribution in [2.24, 2.45) is 0 Å². The lowest BCUT2D eigenvalue weighted by Gasteiger charge is -1.96. The van der Waals surface area contributed by atoms with E-state index in [0.717, 1.165) is 11.0 Å². The van der Waals surface area contributed by atoms with Gasteiger partial charge in [-0.2, -0.15) is 10.2 Å². The van der Waals surface area contributed by atoms with Gasteiger partial charge in [0.25, 0.3) is 5.89 Å². The second kappa shape index (κ2) is 6.28. The van der Waals surface area contributed by atoms with Crippen molar-refractivity contribution in [2.75, 3.05) is 0 Å². The van der Waals surface area contributed by atoms with Gasteiger partial charge in [0.05, 0.1) is 9.40 Å². The first-order valence-electron chi connectivity index (χ1n) is 6.79. The summed E-state index contributed by atoms with van der Waals surface area (Å²) >= 11 is 3.41. The largest absolute Gasteiger partial charge is 0.419 e. The maximum absolute atomic E-state index is 10.6. The SMILES string of the molecule is CCn1cc(Br)c(-c2nnc(CCn3cc([N+](=O)[O-])cn3)o2)n1. The number of aromatic nitrogens is 6. The number of hydrogen-bond donors (Lipinski definition) is 0. The highest BCUT2D eigenvalue weighted by atomic mass is 79.9. The van der Waals surface area contributed by atoms with Gasteiger partial charge in [0.1, 0.15) is 12.4 Å². The summed E-state index contributed by atoms with van der Waals surface area (Å²) in [6.45, 7) is 3.11. The van der Waals surface area contributed by atoms with Crippen molar-refractivity contribution in [2.45, 2.75) is 26.4 Å². The van der Waals surface area contributed by atoms with Crippen LogP contribution in [0.2, 0.25) is 0 Å². The van der Waals surface area contributed by atoms with Crippen molar-refractivity contribution in [3.8, 4) is 11.6 Å². The van der Waals surface area contributed by atoms with Gasteiger partial charge < -0.3 is 4.42 Å². The fraction of sp³-hybridized carbons (Fsp3) is 0.333. The summed E-state index contributed by atoms with van der Waals surface area (Å²) in [6, 6.07) is 0. The second-order valence-electron chi connectivity index (χ2n) is 4.65. The maximum Gasteiger partial charge on any atom is 0.306 e. The molecule has 0 aliphatic rings. The maximum atomic E-state index is 10.6. The summed E-state index contributed by atoms with van der Waals surface area (Å²) in [6.07, 6.45) is 4.81.